The van der Waals surface area contributed by atoms with Crippen LogP contribution in [-0.4, -0.2) is 62.5 Å². The molecule has 1 unspecified atom stereocenters. The predicted octanol–water partition coefficient (Wildman–Crippen LogP) is 4.61. The maximum absolute atomic E-state index is 13.4. The summed E-state index contributed by atoms with van der Waals surface area (Å²) in [5.74, 6) is 1.53. The fourth-order valence-corrected chi connectivity index (χ4v) is 5.92. The zero-order valence-electron chi connectivity index (χ0n) is 21.7. The molecule has 202 valence electrons. The molecule has 0 bridgehead atoms. The number of thioether (sulfide) groups is 1. The molecule has 1 N–H and O–H groups in total. The number of nitrogens with one attached hydrogen (secondary N) is 1. The summed E-state index contributed by atoms with van der Waals surface area (Å²) in [4.78, 5) is 13.4. The van der Waals surface area contributed by atoms with E-state index >= 15 is 0 Å². The van der Waals surface area contributed by atoms with Crippen LogP contribution in [0.15, 0.2) is 64.1 Å². The third kappa shape index (κ3) is 5.73. The molecule has 0 saturated heterocycles. The molecule has 2 aromatic carbocycles. The van der Waals surface area contributed by atoms with Crippen LogP contribution in [0.5, 0.6) is 11.5 Å². The van der Waals surface area contributed by atoms with Gasteiger partial charge in [0.15, 0.2) is 15.8 Å². The van der Waals surface area contributed by atoms with Gasteiger partial charge in [-0.2, -0.15) is 4.68 Å². The van der Waals surface area contributed by atoms with Gasteiger partial charge in [-0.05, 0) is 41.5 Å². The first-order valence-electron chi connectivity index (χ1n) is 12.4. The first-order chi connectivity index (χ1) is 19.1. The predicted molar refractivity (Wildman–Crippen MR) is 148 cm³/mol. The number of rotatable bonds is 11. The minimum Gasteiger partial charge on any atom is -0.493 e. The molecule has 1 aliphatic rings. The summed E-state index contributed by atoms with van der Waals surface area (Å²) in [6.45, 7) is 4.60. The Balaban J connectivity index is 1.50. The zero-order chi connectivity index (χ0) is 27.2. The third-order valence-corrected chi connectivity index (χ3v) is 7.96. The van der Waals surface area contributed by atoms with Gasteiger partial charge in [-0.1, -0.05) is 71.5 Å². The Bertz CT molecular complexity index is 1470. The lowest BCUT2D eigenvalue weighted by Gasteiger charge is -2.28. The molecule has 5 rings (SSSR count). The normalized spacial score (nSPS) is 14.5. The molecule has 1 atom stereocenters. The molecule has 0 fully saturated rings. The Morgan fingerprint density at radius 3 is 2.72 bits per heavy atom. The lowest BCUT2D eigenvalue weighted by Crippen LogP contribution is -2.31. The summed E-state index contributed by atoms with van der Waals surface area (Å²) >= 11 is 2.96. The lowest BCUT2D eigenvalue weighted by molar-refractivity contribution is -0.139. The Kier molecular flexibility index (Phi) is 8.37. The number of carbonyl (C=O) groups is 1. The van der Waals surface area contributed by atoms with Crippen LogP contribution in [-0.2, 0) is 9.53 Å². The molecule has 3 heterocycles. The number of ether oxygens (including phenoxy) is 3. The SMILES string of the molecule is CCCOc1ccc(C2C(C(=O)OCC)=C(CSc3nnc(-c4ccccc4)s3)Nc3nnnn32)cc1OC. The second-order valence-corrected chi connectivity index (χ2v) is 10.6. The molecule has 4 aromatic rings. The molecule has 0 spiro atoms. The summed E-state index contributed by atoms with van der Waals surface area (Å²) in [5.41, 5.74) is 2.79. The largest absolute Gasteiger partial charge is 0.493 e. The van der Waals surface area contributed by atoms with Gasteiger partial charge in [0, 0.05) is 17.0 Å². The van der Waals surface area contributed by atoms with Crippen molar-refractivity contribution in [2.45, 2.75) is 30.6 Å². The van der Waals surface area contributed by atoms with E-state index in [9.17, 15) is 4.79 Å². The molecule has 13 heteroatoms. The number of benzene rings is 2. The van der Waals surface area contributed by atoms with Crippen LogP contribution in [0.2, 0.25) is 0 Å². The van der Waals surface area contributed by atoms with E-state index in [1.165, 1.54) is 23.1 Å². The van der Waals surface area contributed by atoms with Crippen LogP contribution >= 0.6 is 23.1 Å². The highest BCUT2D eigenvalue weighted by atomic mass is 32.2. The van der Waals surface area contributed by atoms with Gasteiger partial charge >= 0.3 is 5.97 Å². The second-order valence-electron chi connectivity index (χ2n) is 8.37. The number of esters is 1. The van der Waals surface area contributed by atoms with Crippen molar-refractivity contribution < 1.29 is 19.0 Å². The Morgan fingerprint density at radius 1 is 1.10 bits per heavy atom. The molecular formula is C26H27N7O4S2. The quantitative estimate of drug-likeness (QED) is 0.202. The number of nitrogens with zero attached hydrogens (tertiary/aromatic N) is 6. The standard InChI is InChI=1S/C26H27N7O4S2/c1-4-13-37-19-12-11-17(14-20(19)35-3)22-21(24(34)36-5-2)18(27-25-29-31-32-33(22)25)15-38-26-30-28-23(39-26)16-9-7-6-8-10-16/h6-12,14,22H,4-5,13,15H2,1-3H3,(H,27,29,32). The number of hydrogen-bond acceptors (Lipinski definition) is 12. The van der Waals surface area contributed by atoms with E-state index < -0.39 is 12.0 Å². The van der Waals surface area contributed by atoms with Gasteiger partial charge in [-0.3, -0.25) is 0 Å². The van der Waals surface area contributed by atoms with Crippen LogP contribution in [0.1, 0.15) is 31.9 Å². The van der Waals surface area contributed by atoms with Crippen LogP contribution in [0.4, 0.5) is 5.95 Å². The van der Waals surface area contributed by atoms with Crippen molar-refractivity contribution in [2.24, 2.45) is 0 Å². The van der Waals surface area contributed by atoms with Crippen LogP contribution in [0.3, 0.4) is 0 Å². The molecule has 2 aromatic heterocycles. The molecule has 0 radical (unpaired) electrons. The summed E-state index contributed by atoms with van der Waals surface area (Å²) in [5, 5.41) is 24.9. The van der Waals surface area contributed by atoms with Crippen molar-refractivity contribution in [3.8, 4) is 22.1 Å². The first-order valence-corrected chi connectivity index (χ1v) is 14.2. The number of methoxy groups -OCH3 is 1. The Labute approximate surface area is 233 Å². The number of anilines is 1. The molecule has 11 nitrogen and oxygen atoms in total. The highest BCUT2D eigenvalue weighted by molar-refractivity contribution is 8.01. The van der Waals surface area contributed by atoms with Crippen molar-refractivity contribution in [3.63, 3.8) is 0 Å². The van der Waals surface area contributed by atoms with Crippen LogP contribution < -0.4 is 14.8 Å². The van der Waals surface area contributed by atoms with Gasteiger partial charge in [0.1, 0.15) is 11.0 Å². The number of tetrazole rings is 1. The zero-order valence-corrected chi connectivity index (χ0v) is 23.3. The summed E-state index contributed by atoms with van der Waals surface area (Å²) in [6.07, 6.45) is 0.866. The van der Waals surface area contributed by atoms with Gasteiger partial charge in [0.05, 0.1) is 25.9 Å². The van der Waals surface area contributed by atoms with Gasteiger partial charge in [0.2, 0.25) is 5.95 Å². The second kappa shape index (κ2) is 12.3. The number of carbonyl (C=O) groups excluding carboxylic acids is 1. The number of fused-ring (bicyclic) bond motifs is 1. The van der Waals surface area contributed by atoms with E-state index in [1.807, 2.05) is 55.5 Å². The van der Waals surface area contributed by atoms with E-state index in [0.717, 1.165) is 26.9 Å². The first kappa shape index (κ1) is 26.6. The average molecular weight is 566 g/mol. The lowest BCUT2D eigenvalue weighted by atomic mass is 9.95. The van der Waals surface area contributed by atoms with Crippen molar-refractivity contribution in [1.82, 2.24) is 30.4 Å². The minimum atomic E-state index is -0.644. The van der Waals surface area contributed by atoms with E-state index in [2.05, 4.69) is 31.0 Å². The highest BCUT2D eigenvalue weighted by Gasteiger charge is 2.36. The van der Waals surface area contributed by atoms with Crippen LogP contribution in [0, 0.1) is 0 Å². The van der Waals surface area contributed by atoms with Gasteiger partial charge < -0.3 is 19.5 Å². The molecular weight excluding hydrogens is 538 g/mol. The summed E-state index contributed by atoms with van der Waals surface area (Å²) in [7, 11) is 1.58. The van der Waals surface area contributed by atoms with Crippen molar-refractivity contribution >= 4 is 35.0 Å². The fourth-order valence-electron chi connectivity index (χ4n) is 4.09. The maximum atomic E-state index is 13.4. The molecule has 0 amide bonds. The van der Waals surface area contributed by atoms with E-state index in [-0.39, 0.29) is 6.61 Å². The topological polar surface area (TPSA) is 126 Å². The van der Waals surface area contributed by atoms with Gasteiger partial charge in [0.25, 0.3) is 0 Å². The van der Waals surface area contributed by atoms with Crippen molar-refractivity contribution in [3.05, 3.63) is 65.4 Å². The van der Waals surface area contributed by atoms with E-state index in [4.69, 9.17) is 14.2 Å². The van der Waals surface area contributed by atoms with E-state index in [1.54, 1.807) is 18.7 Å². The van der Waals surface area contributed by atoms with Crippen LogP contribution in [0.25, 0.3) is 10.6 Å². The molecule has 1 aliphatic heterocycles. The van der Waals surface area contributed by atoms with Crippen molar-refractivity contribution in [1.29, 1.82) is 0 Å². The maximum Gasteiger partial charge on any atom is 0.338 e. The smallest absolute Gasteiger partial charge is 0.338 e. The Hall–Kier alpha value is -3.97. The van der Waals surface area contributed by atoms with Crippen molar-refractivity contribution in [2.75, 3.05) is 31.4 Å². The molecule has 0 saturated carbocycles. The molecule has 39 heavy (non-hydrogen) atoms. The number of aromatic nitrogens is 6. The fraction of sp³-hybridized carbons (Fsp3) is 0.308. The minimum absolute atomic E-state index is 0.224. The molecule has 0 aliphatic carbocycles. The number of hydrogen-bond donors (Lipinski definition) is 1. The third-order valence-electron chi connectivity index (χ3n) is 5.83. The summed E-state index contributed by atoms with van der Waals surface area (Å²) < 4.78 is 19.3. The highest BCUT2D eigenvalue weighted by Crippen LogP contribution is 2.40. The monoisotopic (exact) mass is 565 g/mol. The van der Waals surface area contributed by atoms with Gasteiger partial charge in [-0.15, -0.1) is 10.2 Å². The van der Waals surface area contributed by atoms with Gasteiger partial charge in [-0.25, -0.2) is 4.79 Å². The summed E-state index contributed by atoms with van der Waals surface area (Å²) in [6, 6.07) is 14.8. The average Bonchev–Trinajstić information content (AvgIpc) is 3.64. The van der Waals surface area contributed by atoms with E-state index in [0.29, 0.717) is 41.1 Å². The Morgan fingerprint density at radius 2 is 1.95 bits per heavy atom.